The number of aromatic nitrogens is 3. The molecule has 166 valence electrons. The summed E-state index contributed by atoms with van der Waals surface area (Å²) in [6.07, 6.45) is 0.178. The van der Waals surface area contributed by atoms with E-state index in [1.165, 1.54) is 18.7 Å². The topological polar surface area (TPSA) is 77.4 Å². The maximum atomic E-state index is 12.8. The molecule has 2 heterocycles. The van der Waals surface area contributed by atoms with Gasteiger partial charge in [0, 0.05) is 23.1 Å². The number of amides is 1. The monoisotopic (exact) mass is 470 g/mol. The quantitative estimate of drug-likeness (QED) is 0.438. The summed E-state index contributed by atoms with van der Waals surface area (Å²) in [5.74, 6) is 1.68. The SMILES string of the molecule is CCCOc1ccc(C2Oc3nc(SCC)nnc3-c3cc(Cl)ccc3N2C(C)=O)cc1. The zero-order valence-electron chi connectivity index (χ0n) is 18.0. The Morgan fingerprint density at radius 2 is 1.97 bits per heavy atom. The Hall–Kier alpha value is -2.84. The molecule has 0 fully saturated rings. The molecule has 9 heteroatoms. The van der Waals surface area contributed by atoms with Crippen molar-refractivity contribution in [3.05, 3.63) is 53.1 Å². The fourth-order valence-electron chi connectivity index (χ4n) is 3.43. The maximum Gasteiger partial charge on any atom is 0.247 e. The number of fused-ring (bicyclic) bond motifs is 3. The molecule has 1 amide bonds. The molecule has 1 aliphatic rings. The maximum absolute atomic E-state index is 12.8. The number of thioether (sulfide) groups is 1. The lowest BCUT2D eigenvalue weighted by Crippen LogP contribution is -2.36. The first-order valence-corrected chi connectivity index (χ1v) is 11.7. The van der Waals surface area contributed by atoms with Crippen LogP contribution in [0.25, 0.3) is 11.3 Å². The van der Waals surface area contributed by atoms with Gasteiger partial charge in [-0.2, -0.15) is 4.98 Å². The van der Waals surface area contributed by atoms with Crippen LogP contribution in [0.2, 0.25) is 5.02 Å². The Labute approximate surface area is 196 Å². The molecule has 0 bridgehead atoms. The summed E-state index contributed by atoms with van der Waals surface area (Å²) in [5, 5.41) is 9.62. The van der Waals surface area contributed by atoms with Crippen molar-refractivity contribution >= 4 is 35.0 Å². The van der Waals surface area contributed by atoms with Gasteiger partial charge in [0.15, 0.2) is 5.69 Å². The second-order valence-electron chi connectivity index (χ2n) is 7.12. The van der Waals surface area contributed by atoms with Crippen LogP contribution in [0.4, 0.5) is 5.69 Å². The third kappa shape index (κ3) is 4.52. The van der Waals surface area contributed by atoms with E-state index >= 15 is 0 Å². The minimum atomic E-state index is -0.745. The largest absolute Gasteiger partial charge is 0.494 e. The Morgan fingerprint density at radius 3 is 2.66 bits per heavy atom. The van der Waals surface area contributed by atoms with Crippen LogP contribution in [0.5, 0.6) is 11.6 Å². The fourth-order valence-corrected chi connectivity index (χ4v) is 4.11. The Morgan fingerprint density at radius 1 is 1.19 bits per heavy atom. The number of anilines is 1. The Balaban J connectivity index is 1.85. The van der Waals surface area contributed by atoms with Crippen LogP contribution >= 0.6 is 23.4 Å². The third-order valence-electron chi connectivity index (χ3n) is 4.82. The normalized spacial score (nSPS) is 14.8. The van der Waals surface area contributed by atoms with Gasteiger partial charge in [0.1, 0.15) is 5.75 Å². The molecule has 0 aliphatic carbocycles. The number of carbonyl (C=O) groups is 1. The van der Waals surface area contributed by atoms with Crippen LogP contribution in [-0.2, 0) is 4.79 Å². The molecule has 3 aromatic rings. The minimum Gasteiger partial charge on any atom is -0.494 e. The number of ether oxygens (including phenoxy) is 2. The van der Waals surface area contributed by atoms with Crippen molar-refractivity contribution in [3.8, 4) is 22.9 Å². The molecular formula is C23H23ClN4O3S. The molecule has 0 saturated heterocycles. The molecule has 1 aliphatic heterocycles. The summed E-state index contributed by atoms with van der Waals surface area (Å²) in [6.45, 7) is 6.21. The number of hydrogen-bond donors (Lipinski definition) is 0. The van der Waals surface area contributed by atoms with Gasteiger partial charge in [-0.3, -0.25) is 9.69 Å². The van der Waals surface area contributed by atoms with Gasteiger partial charge in [0.2, 0.25) is 23.2 Å². The molecule has 0 saturated carbocycles. The molecule has 0 spiro atoms. The Kier molecular flexibility index (Phi) is 6.81. The van der Waals surface area contributed by atoms with Crippen LogP contribution in [-0.4, -0.2) is 33.4 Å². The molecule has 1 atom stereocenters. The van der Waals surface area contributed by atoms with Crippen molar-refractivity contribution in [3.63, 3.8) is 0 Å². The van der Waals surface area contributed by atoms with E-state index < -0.39 is 6.23 Å². The van der Waals surface area contributed by atoms with E-state index in [1.54, 1.807) is 23.1 Å². The van der Waals surface area contributed by atoms with E-state index in [0.29, 0.717) is 39.6 Å². The lowest BCUT2D eigenvalue weighted by atomic mass is 10.1. The van der Waals surface area contributed by atoms with Gasteiger partial charge in [0.25, 0.3) is 0 Å². The summed E-state index contributed by atoms with van der Waals surface area (Å²) >= 11 is 7.75. The predicted molar refractivity (Wildman–Crippen MR) is 125 cm³/mol. The summed E-state index contributed by atoms with van der Waals surface area (Å²) < 4.78 is 12.0. The van der Waals surface area contributed by atoms with Gasteiger partial charge in [-0.05, 0) is 54.6 Å². The van der Waals surface area contributed by atoms with Crippen LogP contribution in [0.15, 0.2) is 47.6 Å². The van der Waals surface area contributed by atoms with E-state index in [9.17, 15) is 4.79 Å². The summed E-state index contributed by atoms with van der Waals surface area (Å²) in [6, 6.07) is 12.8. The zero-order chi connectivity index (χ0) is 22.7. The van der Waals surface area contributed by atoms with Gasteiger partial charge in [-0.25, -0.2) is 0 Å². The van der Waals surface area contributed by atoms with E-state index in [2.05, 4.69) is 22.1 Å². The van der Waals surface area contributed by atoms with Crippen molar-refractivity contribution in [2.24, 2.45) is 0 Å². The lowest BCUT2D eigenvalue weighted by Gasteiger charge is -2.30. The summed E-state index contributed by atoms with van der Waals surface area (Å²) in [4.78, 5) is 19.0. The van der Waals surface area contributed by atoms with Gasteiger partial charge < -0.3 is 9.47 Å². The fraction of sp³-hybridized carbons (Fsp3) is 0.304. The highest BCUT2D eigenvalue weighted by atomic mass is 35.5. The van der Waals surface area contributed by atoms with Gasteiger partial charge in [0.05, 0.1) is 12.3 Å². The Bertz CT molecular complexity index is 1130. The third-order valence-corrected chi connectivity index (χ3v) is 5.77. The van der Waals surface area contributed by atoms with E-state index in [1.807, 2.05) is 31.2 Å². The number of halogens is 1. The second kappa shape index (κ2) is 9.75. The molecule has 2 aromatic carbocycles. The molecule has 7 nitrogen and oxygen atoms in total. The molecule has 1 unspecified atom stereocenters. The van der Waals surface area contributed by atoms with E-state index in [-0.39, 0.29) is 5.91 Å². The molecule has 0 N–H and O–H groups in total. The minimum absolute atomic E-state index is 0.186. The highest BCUT2D eigenvalue weighted by Gasteiger charge is 2.34. The van der Waals surface area contributed by atoms with Gasteiger partial charge in [-0.1, -0.05) is 37.2 Å². The van der Waals surface area contributed by atoms with Gasteiger partial charge >= 0.3 is 0 Å². The average Bonchev–Trinajstić information content (AvgIpc) is 2.92. The number of rotatable bonds is 6. The van der Waals surface area contributed by atoms with E-state index in [4.69, 9.17) is 21.1 Å². The van der Waals surface area contributed by atoms with E-state index in [0.717, 1.165) is 23.5 Å². The van der Waals surface area contributed by atoms with Crippen molar-refractivity contribution in [2.75, 3.05) is 17.3 Å². The molecule has 1 aromatic heterocycles. The number of carbonyl (C=O) groups excluding carboxylic acids is 1. The van der Waals surface area contributed by atoms with Crippen molar-refractivity contribution in [1.82, 2.24) is 15.2 Å². The molecule has 4 rings (SSSR count). The smallest absolute Gasteiger partial charge is 0.247 e. The van der Waals surface area contributed by atoms with Crippen LogP contribution < -0.4 is 14.4 Å². The molecular weight excluding hydrogens is 448 g/mol. The first-order valence-electron chi connectivity index (χ1n) is 10.4. The van der Waals surface area contributed by atoms with Crippen LogP contribution in [0.3, 0.4) is 0 Å². The lowest BCUT2D eigenvalue weighted by molar-refractivity contribution is -0.118. The van der Waals surface area contributed by atoms with Gasteiger partial charge in [-0.15, -0.1) is 10.2 Å². The second-order valence-corrected chi connectivity index (χ2v) is 8.79. The summed E-state index contributed by atoms with van der Waals surface area (Å²) in [7, 11) is 0. The number of benzene rings is 2. The van der Waals surface area contributed by atoms with Crippen molar-refractivity contribution in [2.45, 2.75) is 38.6 Å². The van der Waals surface area contributed by atoms with Crippen molar-refractivity contribution < 1.29 is 14.3 Å². The highest BCUT2D eigenvalue weighted by Crippen LogP contribution is 2.44. The first-order chi connectivity index (χ1) is 15.5. The van der Waals surface area contributed by atoms with Crippen molar-refractivity contribution in [1.29, 1.82) is 0 Å². The average molecular weight is 471 g/mol. The zero-order valence-corrected chi connectivity index (χ0v) is 19.6. The molecule has 0 radical (unpaired) electrons. The predicted octanol–water partition coefficient (Wildman–Crippen LogP) is 5.54. The van der Waals surface area contributed by atoms with Crippen LogP contribution in [0.1, 0.15) is 39.0 Å². The number of nitrogens with zero attached hydrogens (tertiary/aromatic N) is 4. The highest BCUT2D eigenvalue weighted by molar-refractivity contribution is 7.99. The first kappa shape index (κ1) is 22.4. The number of hydrogen-bond acceptors (Lipinski definition) is 7. The van der Waals surface area contributed by atoms with Crippen LogP contribution in [0, 0.1) is 0 Å². The molecule has 32 heavy (non-hydrogen) atoms. The summed E-state index contributed by atoms with van der Waals surface area (Å²) in [5.41, 5.74) is 2.49. The standard InChI is InChI=1S/C23H23ClN4O3S/c1-4-12-30-17-9-6-15(7-10-17)22-28(14(3)29)19-11-8-16(24)13-18(19)20-21(31-22)25-23(27-26-20)32-5-2/h6-11,13,22H,4-5,12H2,1-3H3.